The van der Waals surface area contributed by atoms with Gasteiger partial charge in [-0.25, -0.2) is 4.98 Å². The molecule has 3 rings (SSSR count). The number of aromatic nitrogens is 2. The summed E-state index contributed by atoms with van der Waals surface area (Å²) in [6.45, 7) is 4.73. The monoisotopic (exact) mass is 398 g/mol. The van der Waals surface area contributed by atoms with Crippen molar-refractivity contribution in [3.63, 3.8) is 0 Å². The summed E-state index contributed by atoms with van der Waals surface area (Å²) in [5.74, 6) is 2.64. The number of benzene rings is 2. The third-order valence-corrected chi connectivity index (χ3v) is 4.28. The quantitative estimate of drug-likeness (QED) is 0.505. The van der Waals surface area contributed by atoms with Gasteiger partial charge in [0.1, 0.15) is 17.3 Å². The van der Waals surface area contributed by atoms with Gasteiger partial charge in [-0.3, -0.25) is 0 Å². The van der Waals surface area contributed by atoms with Crippen LogP contribution in [-0.2, 0) is 0 Å². The fraction of sp³-hybridized carbons (Fsp3) is 0.238. The molecule has 0 spiro atoms. The normalized spacial score (nSPS) is 10.4. The molecule has 0 saturated heterocycles. The second kappa shape index (κ2) is 9.28. The molecule has 0 aliphatic rings. The van der Waals surface area contributed by atoms with Gasteiger partial charge in [-0.15, -0.1) is 0 Å². The molecule has 6 nitrogen and oxygen atoms in total. The Morgan fingerprint density at radius 1 is 1.04 bits per heavy atom. The Labute approximate surface area is 169 Å². The molecule has 3 aromatic rings. The van der Waals surface area contributed by atoms with E-state index in [4.69, 9.17) is 21.1 Å². The van der Waals surface area contributed by atoms with Crippen molar-refractivity contribution in [2.45, 2.75) is 20.3 Å². The molecule has 0 atom stereocenters. The highest BCUT2D eigenvalue weighted by atomic mass is 35.5. The first-order valence-electron chi connectivity index (χ1n) is 9.03. The topological polar surface area (TPSA) is 68.3 Å². The molecule has 0 aliphatic carbocycles. The van der Waals surface area contributed by atoms with Crippen LogP contribution in [0.25, 0.3) is 0 Å². The van der Waals surface area contributed by atoms with Crippen molar-refractivity contribution in [1.29, 1.82) is 0 Å². The maximum atomic E-state index is 6.09. The minimum absolute atomic E-state index is 0.497. The van der Waals surface area contributed by atoms with Crippen LogP contribution in [0, 0.1) is 6.92 Å². The Morgan fingerprint density at radius 3 is 2.50 bits per heavy atom. The van der Waals surface area contributed by atoms with Gasteiger partial charge in [-0.1, -0.05) is 18.5 Å². The van der Waals surface area contributed by atoms with E-state index in [0.717, 1.165) is 29.1 Å². The molecule has 0 aliphatic heterocycles. The second-order valence-electron chi connectivity index (χ2n) is 6.20. The van der Waals surface area contributed by atoms with E-state index in [0.29, 0.717) is 29.1 Å². The van der Waals surface area contributed by atoms with Gasteiger partial charge < -0.3 is 20.1 Å². The summed E-state index contributed by atoms with van der Waals surface area (Å²) in [7, 11) is 1.58. The molecule has 0 unspecified atom stereocenters. The molecule has 0 fully saturated rings. The van der Waals surface area contributed by atoms with Crippen molar-refractivity contribution in [2.75, 3.05) is 24.4 Å². The molecule has 1 aromatic heterocycles. The summed E-state index contributed by atoms with van der Waals surface area (Å²) in [5.41, 5.74) is 2.63. The van der Waals surface area contributed by atoms with Gasteiger partial charge >= 0.3 is 0 Å². The van der Waals surface area contributed by atoms with E-state index < -0.39 is 0 Å². The van der Waals surface area contributed by atoms with Crippen LogP contribution in [0.5, 0.6) is 11.5 Å². The van der Waals surface area contributed by atoms with E-state index in [1.54, 1.807) is 19.4 Å². The lowest BCUT2D eigenvalue weighted by atomic mass is 10.2. The van der Waals surface area contributed by atoms with Gasteiger partial charge in [0, 0.05) is 29.2 Å². The van der Waals surface area contributed by atoms with Crippen molar-refractivity contribution in [3.05, 3.63) is 59.2 Å². The van der Waals surface area contributed by atoms with Crippen LogP contribution in [0.15, 0.2) is 48.7 Å². The highest BCUT2D eigenvalue weighted by molar-refractivity contribution is 6.32. The maximum absolute atomic E-state index is 6.09. The lowest BCUT2D eigenvalue weighted by Crippen LogP contribution is -2.03. The molecule has 1 heterocycles. The number of anilines is 4. The Balaban J connectivity index is 1.74. The third kappa shape index (κ3) is 5.04. The number of hydrogen-bond acceptors (Lipinski definition) is 6. The van der Waals surface area contributed by atoms with E-state index in [-0.39, 0.29) is 0 Å². The van der Waals surface area contributed by atoms with Gasteiger partial charge in [0.25, 0.3) is 0 Å². The Hall–Kier alpha value is -2.99. The zero-order valence-corrected chi connectivity index (χ0v) is 16.9. The van der Waals surface area contributed by atoms with Gasteiger partial charge in [0.15, 0.2) is 0 Å². The number of methoxy groups -OCH3 is 1. The number of ether oxygens (including phenoxy) is 2. The molecule has 146 valence electrons. The highest BCUT2D eigenvalue weighted by Crippen LogP contribution is 2.29. The summed E-state index contributed by atoms with van der Waals surface area (Å²) < 4.78 is 10.9. The number of nitrogens with zero attached hydrogens (tertiary/aromatic N) is 2. The van der Waals surface area contributed by atoms with Gasteiger partial charge in [0.05, 0.1) is 18.7 Å². The predicted octanol–water partition coefficient (Wildman–Crippen LogP) is 5.72. The molecule has 7 heteroatoms. The van der Waals surface area contributed by atoms with Crippen molar-refractivity contribution in [3.8, 4) is 11.5 Å². The molecule has 0 bridgehead atoms. The Morgan fingerprint density at radius 2 is 1.79 bits per heavy atom. The van der Waals surface area contributed by atoms with Crippen molar-refractivity contribution < 1.29 is 9.47 Å². The average Bonchev–Trinajstić information content (AvgIpc) is 2.71. The van der Waals surface area contributed by atoms with Crippen LogP contribution in [0.1, 0.15) is 18.9 Å². The Kier molecular flexibility index (Phi) is 6.55. The maximum Gasteiger partial charge on any atom is 0.229 e. The van der Waals surface area contributed by atoms with E-state index in [9.17, 15) is 0 Å². The summed E-state index contributed by atoms with van der Waals surface area (Å²) in [6.07, 6.45) is 2.75. The number of aryl methyl sites for hydroxylation is 1. The standard InChI is InChI=1S/C21H23ClN4O2/c1-4-11-28-17-8-5-15(6-9-17)25-21-23-13-14(2)20(26-21)24-16-7-10-18(22)19(12-16)27-3/h5-10,12-13H,4,11H2,1-3H3,(H2,23,24,25,26). The highest BCUT2D eigenvalue weighted by Gasteiger charge is 2.07. The largest absolute Gasteiger partial charge is 0.495 e. The zero-order chi connectivity index (χ0) is 19.9. The third-order valence-electron chi connectivity index (χ3n) is 3.97. The van der Waals surface area contributed by atoms with E-state index in [2.05, 4.69) is 27.5 Å². The van der Waals surface area contributed by atoms with E-state index >= 15 is 0 Å². The van der Waals surface area contributed by atoms with Crippen LogP contribution >= 0.6 is 11.6 Å². The van der Waals surface area contributed by atoms with Crippen LogP contribution in [0.2, 0.25) is 5.02 Å². The first-order chi connectivity index (χ1) is 13.6. The molecule has 2 aromatic carbocycles. The second-order valence-corrected chi connectivity index (χ2v) is 6.60. The molecule has 0 radical (unpaired) electrons. The van der Waals surface area contributed by atoms with Gasteiger partial charge in [0.2, 0.25) is 5.95 Å². The zero-order valence-electron chi connectivity index (χ0n) is 16.1. The minimum atomic E-state index is 0.497. The summed E-state index contributed by atoms with van der Waals surface area (Å²) >= 11 is 6.09. The summed E-state index contributed by atoms with van der Waals surface area (Å²) in [5, 5.41) is 7.05. The number of halogens is 1. The summed E-state index contributed by atoms with van der Waals surface area (Å²) in [6, 6.07) is 13.2. The average molecular weight is 399 g/mol. The van der Waals surface area contributed by atoms with Crippen molar-refractivity contribution in [2.24, 2.45) is 0 Å². The van der Waals surface area contributed by atoms with Crippen molar-refractivity contribution >= 4 is 34.7 Å². The summed E-state index contributed by atoms with van der Waals surface area (Å²) in [4.78, 5) is 8.93. The predicted molar refractivity (Wildman–Crippen MR) is 114 cm³/mol. The molecule has 28 heavy (non-hydrogen) atoms. The van der Waals surface area contributed by atoms with E-state index in [1.165, 1.54) is 0 Å². The lowest BCUT2D eigenvalue weighted by molar-refractivity contribution is 0.317. The van der Waals surface area contributed by atoms with Crippen molar-refractivity contribution in [1.82, 2.24) is 9.97 Å². The fourth-order valence-electron chi connectivity index (χ4n) is 2.49. The first kappa shape index (κ1) is 19.8. The molecular formula is C21H23ClN4O2. The fourth-order valence-corrected chi connectivity index (χ4v) is 2.68. The molecular weight excluding hydrogens is 376 g/mol. The van der Waals surface area contributed by atoms with Gasteiger partial charge in [-0.2, -0.15) is 4.98 Å². The lowest BCUT2D eigenvalue weighted by Gasteiger charge is -2.12. The smallest absolute Gasteiger partial charge is 0.229 e. The van der Waals surface area contributed by atoms with E-state index in [1.807, 2.05) is 43.3 Å². The SMILES string of the molecule is CCCOc1ccc(Nc2ncc(C)c(Nc3ccc(Cl)c(OC)c3)n2)cc1. The van der Waals surface area contributed by atoms with Crippen LogP contribution in [0.4, 0.5) is 23.1 Å². The molecule has 2 N–H and O–H groups in total. The minimum Gasteiger partial charge on any atom is -0.495 e. The van der Waals surface area contributed by atoms with Crippen LogP contribution < -0.4 is 20.1 Å². The van der Waals surface area contributed by atoms with Crippen LogP contribution in [-0.4, -0.2) is 23.7 Å². The first-order valence-corrected chi connectivity index (χ1v) is 9.41. The molecule has 0 amide bonds. The number of rotatable bonds is 8. The number of nitrogens with one attached hydrogen (secondary N) is 2. The molecule has 0 saturated carbocycles. The van der Waals surface area contributed by atoms with Crippen LogP contribution in [0.3, 0.4) is 0 Å². The van der Waals surface area contributed by atoms with Gasteiger partial charge in [-0.05, 0) is 49.7 Å². The number of hydrogen-bond donors (Lipinski definition) is 2. The Bertz CT molecular complexity index is 932.